The molecule has 0 spiro atoms. The number of halogens is 2. The number of ether oxygens (including phenoxy) is 1. The molecule has 3 aromatic carbocycles. The van der Waals surface area contributed by atoms with E-state index in [0.29, 0.717) is 0 Å². The molecule has 2 N–H and O–H groups in total. The summed E-state index contributed by atoms with van der Waals surface area (Å²) in [5, 5.41) is 4.78. The van der Waals surface area contributed by atoms with Crippen LogP contribution < -0.4 is 14.8 Å². The van der Waals surface area contributed by atoms with Gasteiger partial charge in [-0.3, -0.25) is 4.79 Å². The van der Waals surface area contributed by atoms with Gasteiger partial charge in [0, 0.05) is 11.4 Å². The van der Waals surface area contributed by atoms with E-state index in [2.05, 4.69) is 10.0 Å². The highest BCUT2D eigenvalue weighted by molar-refractivity contribution is 7.89. The van der Waals surface area contributed by atoms with E-state index in [1.165, 1.54) is 12.1 Å². The van der Waals surface area contributed by atoms with Gasteiger partial charge in [-0.1, -0.05) is 59.6 Å². The number of carbonyl (C=O) groups excluding carboxylic acids is 1. The predicted octanol–water partition coefficient (Wildman–Crippen LogP) is 4.40. The normalized spacial score (nSPS) is 13.9. The van der Waals surface area contributed by atoms with Crippen LogP contribution in [0.4, 0.5) is 0 Å². The molecular formula is C22H20Cl2N2O4S. The highest BCUT2D eigenvalue weighted by atomic mass is 35.5. The van der Waals surface area contributed by atoms with Crippen molar-refractivity contribution in [2.45, 2.75) is 23.8 Å². The van der Waals surface area contributed by atoms with Gasteiger partial charge in [0.2, 0.25) is 10.0 Å². The van der Waals surface area contributed by atoms with E-state index in [1.54, 1.807) is 0 Å². The molecule has 3 aromatic rings. The Labute approximate surface area is 190 Å². The number of hydrogen-bond donors (Lipinski definition) is 2. The Morgan fingerprint density at radius 2 is 1.77 bits per heavy atom. The molecule has 6 nitrogen and oxygen atoms in total. The van der Waals surface area contributed by atoms with E-state index in [0.717, 1.165) is 29.4 Å². The molecule has 0 radical (unpaired) electrons. The first kappa shape index (κ1) is 21.9. The fourth-order valence-corrected chi connectivity index (χ4v) is 5.30. The summed E-state index contributed by atoms with van der Waals surface area (Å²) in [6.45, 7) is 0.447. The molecule has 1 aliphatic carbocycles. The Balaban J connectivity index is 1.42. The Kier molecular flexibility index (Phi) is 6.39. The van der Waals surface area contributed by atoms with E-state index in [4.69, 9.17) is 27.9 Å². The number of amides is 1. The van der Waals surface area contributed by atoms with Crippen LogP contribution in [0.25, 0.3) is 10.8 Å². The molecule has 0 aromatic heterocycles. The standard InChI is InChI=1S/C22H20Cl2N2O4S/c23-18-13-19(24)21(31(28,29)26-15-8-9-15)12-17(18)22(27)25-10-11-30-20-7-3-5-14-4-1-2-6-16(14)20/h1-7,12-13,15,26H,8-11H2,(H,25,27). The molecule has 9 heteroatoms. The molecule has 0 aliphatic heterocycles. The lowest BCUT2D eigenvalue weighted by Crippen LogP contribution is -2.29. The molecule has 0 atom stereocenters. The Morgan fingerprint density at radius 1 is 1.03 bits per heavy atom. The van der Waals surface area contributed by atoms with E-state index >= 15 is 0 Å². The summed E-state index contributed by atoms with van der Waals surface area (Å²) in [6.07, 6.45) is 1.57. The lowest BCUT2D eigenvalue weighted by atomic mass is 10.1. The van der Waals surface area contributed by atoms with Crippen molar-refractivity contribution in [3.05, 3.63) is 70.2 Å². The van der Waals surface area contributed by atoms with E-state index in [1.807, 2.05) is 42.5 Å². The zero-order valence-electron chi connectivity index (χ0n) is 16.4. The van der Waals surface area contributed by atoms with Crippen LogP contribution >= 0.6 is 23.2 Å². The lowest BCUT2D eigenvalue weighted by Gasteiger charge is -2.13. The summed E-state index contributed by atoms with van der Waals surface area (Å²) in [5.41, 5.74) is 0.0346. The average molecular weight is 479 g/mol. The summed E-state index contributed by atoms with van der Waals surface area (Å²) in [4.78, 5) is 12.4. The lowest BCUT2D eigenvalue weighted by molar-refractivity contribution is 0.0947. The Hall–Kier alpha value is -2.32. The molecule has 0 bridgehead atoms. The van der Waals surface area contributed by atoms with Crippen LogP contribution in [0.2, 0.25) is 10.0 Å². The van der Waals surface area contributed by atoms with Crippen LogP contribution in [0.5, 0.6) is 5.75 Å². The van der Waals surface area contributed by atoms with Crippen molar-refractivity contribution in [2.24, 2.45) is 0 Å². The van der Waals surface area contributed by atoms with Crippen molar-refractivity contribution in [3.8, 4) is 5.75 Å². The van der Waals surface area contributed by atoms with Gasteiger partial charge in [0.1, 0.15) is 17.3 Å². The summed E-state index contributed by atoms with van der Waals surface area (Å²) in [6, 6.07) is 16.0. The quantitative estimate of drug-likeness (QED) is 0.470. The summed E-state index contributed by atoms with van der Waals surface area (Å²) >= 11 is 12.2. The van der Waals surface area contributed by atoms with Crippen LogP contribution in [-0.4, -0.2) is 33.5 Å². The SMILES string of the molecule is O=C(NCCOc1cccc2ccccc12)c1cc(S(=O)(=O)NC2CC2)c(Cl)cc1Cl. The second-order valence-electron chi connectivity index (χ2n) is 7.24. The number of carbonyl (C=O) groups is 1. The maximum Gasteiger partial charge on any atom is 0.252 e. The predicted molar refractivity (Wildman–Crippen MR) is 122 cm³/mol. The van der Waals surface area contributed by atoms with Crippen LogP contribution in [0.15, 0.2) is 59.5 Å². The summed E-state index contributed by atoms with van der Waals surface area (Å²) in [5.74, 6) is 0.211. The average Bonchev–Trinajstić information content (AvgIpc) is 3.54. The van der Waals surface area contributed by atoms with Crippen molar-refractivity contribution in [1.29, 1.82) is 0 Å². The number of rotatable bonds is 8. The molecule has 1 fully saturated rings. The third-order valence-corrected chi connectivity index (χ3v) is 7.15. The first-order valence-electron chi connectivity index (χ1n) is 9.75. The monoisotopic (exact) mass is 478 g/mol. The molecule has 162 valence electrons. The van der Waals surface area contributed by atoms with E-state index in [9.17, 15) is 13.2 Å². The van der Waals surface area contributed by atoms with Gasteiger partial charge in [0.25, 0.3) is 5.91 Å². The number of sulfonamides is 1. The Bertz CT molecular complexity index is 1240. The number of fused-ring (bicyclic) bond motifs is 1. The van der Waals surface area contributed by atoms with Crippen molar-refractivity contribution < 1.29 is 17.9 Å². The second-order valence-corrected chi connectivity index (χ2v) is 9.74. The highest BCUT2D eigenvalue weighted by Crippen LogP contribution is 2.31. The molecule has 0 unspecified atom stereocenters. The Morgan fingerprint density at radius 3 is 2.55 bits per heavy atom. The molecule has 0 heterocycles. The fourth-order valence-electron chi connectivity index (χ4n) is 3.14. The number of hydrogen-bond acceptors (Lipinski definition) is 4. The minimum absolute atomic E-state index is 0.0333. The summed E-state index contributed by atoms with van der Waals surface area (Å²) in [7, 11) is -3.83. The van der Waals surface area contributed by atoms with Crippen molar-refractivity contribution in [3.63, 3.8) is 0 Å². The fraction of sp³-hybridized carbons (Fsp3) is 0.227. The van der Waals surface area contributed by atoms with Gasteiger partial charge in [-0.05, 0) is 36.4 Å². The van der Waals surface area contributed by atoms with Crippen LogP contribution in [0, 0.1) is 0 Å². The van der Waals surface area contributed by atoms with Gasteiger partial charge < -0.3 is 10.1 Å². The highest BCUT2D eigenvalue weighted by Gasteiger charge is 2.30. The van der Waals surface area contributed by atoms with Crippen molar-refractivity contribution in [2.75, 3.05) is 13.2 Å². The molecule has 1 aliphatic rings. The minimum Gasteiger partial charge on any atom is -0.491 e. The molecular weight excluding hydrogens is 459 g/mol. The zero-order chi connectivity index (χ0) is 22.0. The second kappa shape index (κ2) is 9.04. The maximum atomic E-state index is 12.6. The topological polar surface area (TPSA) is 84.5 Å². The first-order chi connectivity index (χ1) is 14.8. The van der Waals surface area contributed by atoms with E-state index in [-0.39, 0.29) is 39.7 Å². The van der Waals surface area contributed by atoms with Crippen molar-refractivity contribution >= 4 is 49.9 Å². The largest absolute Gasteiger partial charge is 0.491 e. The molecule has 1 saturated carbocycles. The van der Waals surface area contributed by atoms with Gasteiger partial charge in [0.15, 0.2) is 0 Å². The van der Waals surface area contributed by atoms with Gasteiger partial charge in [-0.2, -0.15) is 0 Å². The van der Waals surface area contributed by atoms with Crippen LogP contribution in [0.1, 0.15) is 23.2 Å². The third-order valence-electron chi connectivity index (χ3n) is 4.85. The number of benzene rings is 3. The van der Waals surface area contributed by atoms with Crippen molar-refractivity contribution in [1.82, 2.24) is 10.0 Å². The first-order valence-corrected chi connectivity index (χ1v) is 12.0. The van der Waals surface area contributed by atoms with Crippen LogP contribution in [0.3, 0.4) is 0 Å². The summed E-state index contributed by atoms with van der Waals surface area (Å²) < 4.78 is 33.4. The smallest absolute Gasteiger partial charge is 0.252 e. The van der Waals surface area contributed by atoms with Gasteiger partial charge >= 0.3 is 0 Å². The third kappa shape index (κ3) is 5.13. The molecule has 31 heavy (non-hydrogen) atoms. The van der Waals surface area contributed by atoms with Crippen LogP contribution in [-0.2, 0) is 10.0 Å². The molecule has 0 saturated heterocycles. The van der Waals surface area contributed by atoms with E-state index < -0.39 is 15.9 Å². The molecule has 4 rings (SSSR count). The zero-order valence-corrected chi connectivity index (χ0v) is 18.7. The van der Waals surface area contributed by atoms with Gasteiger partial charge in [0.05, 0.1) is 22.2 Å². The number of nitrogens with one attached hydrogen (secondary N) is 2. The van der Waals surface area contributed by atoms with Gasteiger partial charge in [-0.25, -0.2) is 13.1 Å². The molecule has 1 amide bonds. The maximum absolute atomic E-state index is 12.6. The minimum atomic E-state index is -3.83. The van der Waals surface area contributed by atoms with Gasteiger partial charge in [-0.15, -0.1) is 0 Å².